The second-order valence-corrected chi connectivity index (χ2v) is 5.93. The van der Waals surface area contributed by atoms with Gasteiger partial charge in [-0.3, -0.25) is 0 Å². The van der Waals surface area contributed by atoms with Crippen molar-refractivity contribution in [3.8, 4) is 22.6 Å². The predicted molar refractivity (Wildman–Crippen MR) is 103 cm³/mol. The highest BCUT2D eigenvalue weighted by molar-refractivity contribution is 5.88. The van der Waals surface area contributed by atoms with Gasteiger partial charge in [-0.05, 0) is 42.3 Å². The number of halogens is 3. The second-order valence-electron chi connectivity index (χ2n) is 5.93. The molecule has 0 fully saturated rings. The number of hydrogen-bond donors (Lipinski definition) is 0. The third kappa shape index (κ3) is 6.10. The summed E-state index contributed by atoms with van der Waals surface area (Å²) in [6.45, 7) is 8.14. The van der Waals surface area contributed by atoms with Gasteiger partial charge in [-0.25, -0.2) is 9.59 Å². The summed E-state index contributed by atoms with van der Waals surface area (Å²) >= 11 is 0. The van der Waals surface area contributed by atoms with Gasteiger partial charge in [0.25, 0.3) is 0 Å². The monoisotopic (exact) mass is 418 g/mol. The molecule has 0 radical (unpaired) electrons. The van der Waals surface area contributed by atoms with E-state index < -0.39 is 23.7 Å². The Hall–Kier alpha value is -3.81. The summed E-state index contributed by atoms with van der Waals surface area (Å²) in [5.41, 5.74) is -0.556. The first-order valence-electron chi connectivity index (χ1n) is 8.46. The largest absolute Gasteiger partial charge is 0.462 e. The number of benzene rings is 2. The molecule has 30 heavy (non-hydrogen) atoms. The van der Waals surface area contributed by atoms with Crippen molar-refractivity contribution in [1.29, 1.82) is 0 Å². The number of ether oxygens (including phenoxy) is 3. The molecule has 8 heteroatoms. The lowest BCUT2D eigenvalue weighted by Crippen LogP contribution is -2.08. The average Bonchev–Trinajstić information content (AvgIpc) is 2.70. The smallest absolute Gasteiger partial charge is 0.417 e. The van der Waals surface area contributed by atoms with Crippen LogP contribution in [0.1, 0.15) is 12.5 Å². The quantitative estimate of drug-likeness (QED) is 0.260. The van der Waals surface area contributed by atoms with E-state index in [0.717, 1.165) is 24.7 Å². The standard InChI is InChI=1S/C22H17F3O5/c1-4-20(26)29-12-11-28-17-9-10-18(19(13-17)22(23,24)25)15-5-7-16(8-6-15)30-21(27)14(2)3/h4-13H,1-2H2,3H3. The van der Waals surface area contributed by atoms with E-state index in [0.29, 0.717) is 0 Å². The number of esters is 2. The fourth-order valence-corrected chi connectivity index (χ4v) is 2.23. The summed E-state index contributed by atoms with van der Waals surface area (Å²) in [5.74, 6) is -1.30. The highest BCUT2D eigenvalue weighted by Gasteiger charge is 2.34. The van der Waals surface area contributed by atoms with E-state index in [1.807, 2.05) is 0 Å². The molecule has 0 heterocycles. The highest BCUT2D eigenvalue weighted by atomic mass is 19.4. The number of carbonyl (C=O) groups is 2. The van der Waals surface area contributed by atoms with Crippen LogP contribution in [-0.2, 0) is 20.5 Å². The Morgan fingerprint density at radius 3 is 2.20 bits per heavy atom. The Morgan fingerprint density at radius 2 is 1.63 bits per heavy atom. The highest BCUT2D eigenvalue weighted by Crippen LogP contribution is 2.39. The molecule has 0 aliphatic rings. The van der Waals surface area contributed by atoms with Crippen molar-refractivity contribution in [2.45, 2.75) is 13.1 Å². The lowest BCUT2D eigenvalue weighted by molar-refractivity contribution is -0.137. The molecule has 0 unspecified atom stereocenters. The minimum atomic E-state index is -4.65. The minimum Gasteiger partial charge on any atom is -0.462 e. The van der Waals surface area contributed by atoms with Gasteiger partial charge in [-0.2, -0.15) is 13.2 Å². The van der Waals surface area contributed by atoms with E-state index in [1.54, 1.807) is 0 Å². The van der Waals surface area contributed by atoms with Gasteiger partial charge < -0.3 is 14.2 Å². The molecule has 0 aromatic heterocycles. The van der Waals surface area contributed by atoms with E-state index in [2.05, 4.69) is 17.9 Å². The van der Waals surface area contributed by atoms with Gasteiger partial charge in [-0.15, -0.1) is 0 Å². The maximum Gasteiger partial charge on any atom is 0.417 e. The van der Waals surface area contributed by atoms with Crippen LogP contribution in [0.5, 0.6) is 11.5 Å². The molecule has 0 atom stereocenters. The van der Waals surface area contributed by atoms with Gasteiger partial charge >= 0.3 is 18.1 Å². The van der Waals surface area contributed by atoms with Crippen molar-refractivity contribution in [1.82, 2.24) is 0 Å². The molecule has 0 aliphatic carbocycles. The molecule has 0 bridgehead atoms. The summed E-state index contributed by atoms with van der Waals surface area (Å²) in [6, 6.07) is 8.98. The Balaban J connectivity index is 2.27. The zero-order chi connectivity index (χ0) is 22.3. The van der Waals surface area contributed by atoms with E-state index in [1.165, 1.54) is 43.3 Å². The Kier molecular flexibility index (Phi) is 7.19. The third-order valence-electron chi connectivity index (χ3n) is 3.63. The molecule has 2 aromatic rings. The minimum absolute atomic E-state index is 0.0882. The van der Waals surface area contributed by atoms with Crippen molar-refractivity contribution in [3.05, 3.63) is 85.4 Å². The van der Waals surface area contributed by atoms with Gasteiger partial charge in [0.05, 0.1) is 5.56 Å². The zero-order valence-corrected chi connectivity index (χ0v) is 15.9. The molecule has 0 spiro atoms. The van der Waals surface area contributed by atoms with Gasteiger partial charge in [0.1, 0.15) is 24.0 Å². The Morgan fingerprint density at radius 1 is 1.00 bits per heavy atom. The Bertz CT molecular complexity index is 989. The molecule has 0 N–H and O–H groups in total. The number of carbonyl (C=O) groups excluding carboxylic acids is 2. The molecular formula is C22H17F3O5. The lowest BCUT2D eigenvalue weighted by Gasteiger charge is -2.15. The molecule has 0 amide bonds. The SMILES string of the molecule is C=CC(=O)OC=COc1ccc(-c2ccc(OC(=O)C(=C)C)cc2)c(C(F)(F)F)c1. The van der Waals surface area contributed by atoms with E-state index in [4.69, 9.17) is 9.47 Å². The predicted octanol–water partition coefficient (Wildman–Crippen LogP) is 5.43. The second kappa shape index (κ2) is 9.60. The van der Waals surface area contributed by atoms with E-state index in [9.17, 15) is 22.8 Å². The van der Waals surface area contributed by atoms with Crippen molar-refractivity contribution in [3.63, 3.8) is 0 Å². The average molecular weight is 418 g/mol. The summed E-state index contributed by atoms with van der Waals surface area (Å²) in [5, 5.41) is 0. The van der Waals surface area contributed by atoms with Crippen LogP contribution in [-0.4, -0.2) is 11.9 Å². The van der Waals surface area contributed by atoms with Gasteiger partial charge in [0, 0.05) is 11.6 Å². The molecule has 5 nitrogen and oxygen atoms in total. The van der Waals surface area contributed by atoms with Gasteiger partial charge in [0.15, 0.2) is 0 Å². The van der Waals surface area contributed by atoms with Crippen LogP contribution in [0, 0.1) is 0 Å². The molecule has 0 saturated carbocycles. The summed E-state index contributed by atoms with van der Waals surface area (Å²) in [6.07, 6.45) is -1.91. The van der Waals surface area contributed by atoms with Crippen LogP contribution >= 0.6 is 0 Å². The zero-order valence-electron chi connectivity index (χ0n) is 15.9. The van der Waals surface area contributed by atoms with Crippen molar-refractivity contribution in [2.75, 3.05) is 0 Å². The van der Waals surface area contributed by atoms with Crippen LogP contribution < -0.4 is 9.47 Å². The number of rotatable bonds is 7. The summed E-state index contributed by atoms with van der Waals surface area (Å²) in [7, 11) is 0. The maximum absolute atomic E-state index is 13.6. The van der Waals surface area contributed by atoms with Crippen molar-refractivity contribution in [2.24, 2.45) is 0 Å². The fraction of sp³-hybridized carbons (Fsp3) is 0.0909. The molecular weight excluding hydrogens is 401 g/mol. The number of alkyl halides is 3. The van der Waals surface area contributed by atoms with Crippen LogP contribution in [0.2, 0.25) is 0 Å². The first kappa shape index (κ1) is 22.5. The molecule has 0 aliphatic heterocycles. The third-order valence-corrected chi connectivity index (χ3v) is 3.63. The molecule has 2 rings (SSSR count). The van der Waals surface area contributed by atoms with Crippen molar-refractivity contribution < 1.29 is 37.0 Å². The van der Waals surface area contributed by atoms with E-state index >= 15 is 0 Å². The first-order chi connectivity index (χ1) is 14.1. The molecule has 2 aromatic carbocycles. The fourth-order valence-electron chi connectivity index (χ4n) is 2.23. The summed E-state index contributed by atoms with van der Waals surface area (Å²) in [4.78, 5) is 22.4. The van der Waals surface area contributed by atoms with Crippen molar-refractivity contribution >= 4 is 11.9 Å². The van der Waals surface area contributed by atoms with Gasteiger partial charge in [-0.1, -0.05) is 31.4 Å². The van der Waals surface area contributed by atoms with Crippen LogP contribution in [0.4, 0.5) is 13.2 Å². The lowest BCUT2D eigenvalue weighted by atomic mass is 9.99. The van der Waals surface area contributed by atoms with Crippen LogP contribution in [0.15, 0.2) is 79.8 Å². The number of hydrogen-bond acceptors (Lipinski definition) is 5. The summed E-state index contributed by atoms with van der Waals surface area (Å²) < 4.78 is 55.3. The topological polar surface area (TPSA) is 61.8 Å². The first-order valence-corrected chi connectivity index (χ1v) is 8.46. The van der Waals surface area contributed by atoms with E-state index in [-0.39, 0.29) is 28.2 Å². The van der Waals surface area contributed by atoms with Crippen LogP contribution in [0.25, 0.3) is 11.1 Å². The maximum atomic E-state index is 13.6. The van der Waals surface area contributed by atoms with Gasteiger partial charge in [0.2, 0.25) is 0 Å². The van der Waals surface area contributed by atoms with Crippen LogP contribution in [0.3, 0.4) is 0 Å². The Labute approximate surface area is 170 Å². The molecule has 156 valence electrons. The normalized spacial score (nSPS) is 11.1. The molecule has 0 saturated heterocycles.